The summed E-state index contributed by atoms with van der Waals surface area (Å²) in [6.07, 6.45) is 0.770. The van der Waals surface area contributed by atoms with E-state index in [2.05, 4.69) is 25.3 Å². The minimum Gasteiger partial charge on any atom is -0.424 e. The number of carbonyl (C=O) groups excluding carboxylic acids is 1. The molecule has 0 aliphatic carbocycles. The molecule has 1 aromatic rings. The average Bonchev–Trinajstić information content (AvgIpc) is 2.88. The molecular weight excluding hydrogens is 270 g/mol. The maximum atomic E-state index is 11.7. The number of piperazine rings is 1. The van der Waals surface area contributed by atoms with E-state index in [1.165, 1.54) is 0 Å². The predicted molar refractivity (Wildman–Crippen MR) is 78.7 cm³/mol. The van der Waals surface area contributed by atoms with Crippen molar-refractivity contribution in [3.05, 3.63) is 11.8 Å². The highest BCUT2D eigenvalue weighted by Crippen LogP contribution is 2.08. The summed E-state index contributed by atoms with van der Waals surface area (Å²) < 4.78 is 5.53. The molecule has 1 saturated heterocycles. The molecule has 7 heteroatoms. The second-order valence-electron chi connectivity index (χ2n) is 5.72. The molecule has 1 aromatic heterocycles. The first-order valence-electron chi connectivity index (χ1n) is 7.62. The molecule has 2 rings (SSSR count). The lowest BCUT2D eigenvalue weighted by molar-refractivity contribution is -0.123. The lowest BCUT2D eigenvalue weighted by atomic mass is 10.3. The highest BCUT2D eigenvalue weighted by Gasteiger charge is 2.20. The molecule has 1 fully saturated rings. The van der Waals surface area contributed by atoms with E-state index in [0.717, 1.165) is 32.6 Å². The van der Waals surface area contributed by atoms with Gasteiger partial charge in [-0.25, -0.2) is 0 Å². The van der Waals surface area contributed by atoms with Crippen LogP contribution in [0.4, 0.5) is 0 Å². The molecule has 1 N–H and O–H groups in total. The number of hydrogen-bond acceptors (Lipinski definition) is 6. The first-order valence-corrected chi connectivity index (χ1v) is 7.62. The van der Waals surface area contributed by atoms with Crippen molar-refractivity contribution < 1.29 is 9.21 Å². The summed E-state index contributed by atoms with van der Waals surface area (Å²) in [6.45, 7) is 10.7. The fraction of sp³-hybridized carbons (Fsp3) is 0.786. The van der Waals surface area contributed by atoms with Gasteiger partial charge in [0.2, 0.25) is 17.7 Å². The molecule has 0 radical (unpaired) electrons. The third-order valence-electron chi connectivity index (χ3n) is 3.45. The number of amides is 1. The normalized spacial score (nSPS) is 17.3. The van der Waals surface area contributed by atoms with Crippen LogP contribution in [0.15, 0.2) is 4.42 Å². The number of nitrogens with one attached hydrogen (secondary N) is 1. The summed E-state index contributed by atoms with van der Waals surface area (Å²) in [6, 6.07) is 0.198. The Morgan fingerprint density at radius 3 is 2.38 bits per heavy atom. The second-order valence-corrected chi connectivity index (χ2v) is 5.72. The highest BCUT2D eigenvalue weighted by atomic mass is 16.4. The summed E-state index contributed by atoms with van der Waals surface area (Å²) in [4.78, 5) is 16.2. The molecule has 0 aromatic carbocycles. The maximum absolute atomic E-state index is 11.7. The van der Waals surface area contributed by atoms with Gasteiger partial charge in [-0.3, -0.25) is 14.6 Å². The van der Waals surface area contributed by atoms with Crippen molar-refractivity contribution >= 4 is 5.91 Å². The number of aromatic nitrogens is 2. The van der Waals surface area contributed by atoms with Gasteiger partial charge in [-0.15, -0.1) is 10.2 Å². The average molecular weight is 295 g/mol. The van der Waals surface area contributed by atoms with Crippen molar-refractivity contribution in [1.82, 2.24) is 25.3 Å². The van der Waals surface area contributed by atoms with Crippen LogP contribution in [-0.4, -0.2) is 64.7 Å². The van der Waals surface area contributed by atoms with Crippen molar-refractivity contribution in [2.75, 3.05) is 32.7 Å². The summed E-state index contributed by atoms with van der Waals surface area (Å²) in [5, 5.41) is 10.9. The van der Waals surface area contributed by atoms with Crippen molar-refractivity contribution in [2.45, 2.75) is 39.8 Å². The molecule has 21 heavy (non-hydrogen) atoms. The van der Waals surface area contributed by atoms with Gasteiger partial charge < -0.3 is 9.73 Å². The molecule has 2 heterocycles. The van der Waals surface area contributed by atoms with Gasteiger partial charge in [-0.05, 0) is 13.8 Å². The minimum absolute atomic E-state index is 0.0999. The van der Waals surface area contributed by atoms with E-state index in [1.807, 2.05) is 20.8 Å². The zero-order valence-corrected chi connectivity index (χ0v) is 13.1. The lowest BCUT2D eigenvalue weighted by Crippen LogP contribution is -2.49. The Kier molecular flexibility index (Phi) is 5.69. The van der Waals surface area contributed by atoms with E-state index in [-0.39, 0.29) is 11.9 Å². The van der Waals surface area contributed by atoms with E-state index in [4.69, 9.17) is 4.42 Å². The topological polar surface area (TPSA) is 74.5 Å². The molecule has 0 atom stereocenters. The summed E-state index contributed by atoms with van der Waals surface area (Å²) in [5.41, 5.74) is 0. The summed E-state index contributed by atoms with van der Waals surface area (Å²) in [7, 11) is 0. The van der Waals surface area contributed by atoms with Gasteiger partial charge in [-0.2, -0.15) is 0 Å². The van der Waals surface area contributed by atoms with Gasteiger partial charge in [0, 0.05) is 38.6 Å². The first-order chi connectivity index (χ1) is 10.1. The Morgan fingerprint density at radius 1 is 1.19 bits per heavy atom. The Morgan fingerprint density at radius 2 is 1.81 bits per heavy atom. The van der Waals surface area contributed by atoms with E-state index in [1.54, 1.807) is 0 Å². The van der Waals surface area contributed by atoms with Crippen molar-refractivity contribution in [2.24, 2.45) is 0 Å². The van der Waals surface area contributed by atoms with Crippen LogP contribution in [0, 0.1) is 0 Å². The van der Waals surface area contributed by atoms with Crippen LogP contribution in [0.25, 0.3) is 0 Å². The zero-order chi connectivity index (χ0) is 15.2. The molecule has 7 nitrogen and oxygen atoms in total. The fourth-order valence-electron chi connectivity index (χ4n) is 2.36. The zero-order valence-electron chi connectivity index (χ0n) is 13.1. The van der Waals surface area contributed by atoms with Gasteiger partial charge in [-0.1, -0.05) is 6.92 Å². The molecule has 0 bridgehead atoms. The molecule has 1 aliphatic heterocycles. The van der Waals surface area contributed by atoms with Crippen molar-refractivity contribution in [3.8, 4) is 0 Å². The van der Waals surface area contributed by atoms with Crippen LogP contribution in [0.1, 0.15) is 32.6 Å². The smallest absolute Gasteiger partial charge is 0.234 e. The van der Waals surface area contributed by atoms with Gasteiger partial charge in [0.25, 0.3) is 0 Å². The lowest BCUT2D eigenvalue weighted by Gasteiger charge is -2.33. The molecule has 0 unspecified atom stereocenters. The van der Waals surface area contributed by atoms with Crippen LogP contribution in [0.5, 0.6) is 0 Å². The van der Waals surface area contributed by atoms with Gasteiger partial charge in [0.05, 0.1) is 13.1 Å². The molecule has 1 aliphatic rings. The van der Waals surface area contributed by atoms with E-state index in [0.29, 0.717) is 24.9 Å². The van der Waals surface area contributed by atoms with Crippen molar-refractivity contribution in [3.63, 3.8) is 0 Å². The largest absolute Gasteiger partial charge is 0.424 e. The number of carbonyl (C=O) groups is 1. The Labute approximate surface area is 125 Å². The number of rotatable bonds is 6. The fourth-order valence-corrected chi connectivity index (χ4v) is 2.36. The quantitative estimate of drug-likeness (QED) is 0.812. The second kappa shape index (κ2) is 7.51. The van der Waals surface area contributed by atoms with Crippen LogP contribution in [0.2, 0.25) is 0 Å². The predicted octanol–water partition coefficient (Wildman–Crippen LogP) is 0.274. The maximum Gasteiger partial charge on any atom is 0.234 e. The third kappa shape index (κ3) is 5.09. The summed E-state index contributed by atoms with van der Waals surface area (Å²) in [5.74, 6) is 1.47. The molecule has 118 valence electrons. The van der Waals surface area contributed by atoms with Gasteiger partial charge in [0.1, 0.15) is 0 Å². The van der Waals surface area contributed by atoms with E-state index >= 15 is 0 Å². The highest BCUT2D eigenvalue weighted by molar-refractivity contribution is 5.78. The van der Waals surface area contributed by atoms with Gasteiger partial charge >= 0.3 is 0 Å². The molecule has 1 amide bonds. The van der Waals surface area contributed by atoms with Crippen LogP contribution in [-0.2, 0) is 17.8 Å². The van der Waals surface area contributed by atoms with Crippen molar-refractivity contribution in [1.29, 1.82) is 0 Å². The third-order valence-corrected chi connectivity index (χ3v) is 3.45. The SMILES string of the molecule is CCc1nnc(CN2CCN(CC(=O)NC(C)C)CC2)o1. The van der Waals surface area contributed by atoms with Crippen LogP contribution < -0.4 is 5.32 Å². The Balaban J connectivity index is 1.71. The monoisotopic (exact) mass is 295 g/mol. The molecule has 0 saturated carbocycles. The van der Waals surface area contributed by atoms with E-state index in [9.17, 15) is 4.79 Å². The summed E-state index contributed by atoms with van der Waals surface area (Å²) >= 11 is 0. The van der Waals surface area contributed by atoms with Crippen LogP contribution in [0.3, 0.4) is 0 Å². The van der Waals surface area contributed by atoms with Gasteiger partial charge in [0.15, 0.2) is 0 Å². The van der Waals surface area contributed by atoms with Crippen LogP contribution >= 0.6 is 0 Å². The number of aryl methyl sites for hydroxylation is 1. The van der Waals surface area contributed by atoms with E-state index < -0.39 is 0 Å². The molecule has 0 spiro atoms. The Hall–Kier alpha value is -1.47. The standard InChI is InChI=1S/C14H25N5O2/c1-4-13-16-17-14(21-13)10-19-7-5-18(6-8-19)9-12(20)15-11(2)3/h11H,4-10H2,1-3H3,(H,15,20). The minimum atomic E-state index is 0.0999. The number of nitrogens with zero attached hydrogens (tertiary/aromatic N) is 4. The number of hydrogen-bond donors (Lipinski definition) is 1. The molecular formula is C14H25N5O2. The first kappa shape index (κ1) is 15.9. The Bertz CT molecular complexity index is 452.